The molecule has 4 rings (SSSR count). The van der Waals surface area contributed by atoms with E-state index in [1.54, 1.807) is 6.20 Å². The molecule has 2 aromatic rings. The molecule has 2 atom stereocenters. The lowest BCUT2D eigenvalue weighted by Gasteiger charge is -2.32. The summed E-state index contributed by atoms with van der Waals surface area (Å²) in [6.45, 7) is 4.83. The van der Waals surface area contributed by atoms with Gasteiger partial charge in [-0.15, -0.1) is 0 Å². The molecule has 140 valence electrons. The number of thiazole rings is 1. The number of imidazole rings is 1. The lowest BCUT2D eigenvalue weighted by molar-refractivity contribution is -0.0140. The maximum absolute atomic E-state index is 12.5. The average Bonchev–Trinajstić information content (AvgIpc) is 3.27. The Balaban J connectivity index is 1.42. The molecule has 4 heterocycles. The fourth-order valence-corrected chi connectivity index (χ4v) is 4.35. The van der Waals surface area contributed by atoms with Gasteiger partial charge in [0.15, 0.2) is 5.13 Å². The predicted molar refractivity (Wildman–Crippen MR) is 97.2 cm³/mol. The van der Waals surface area contributed by atoms with Crippen molar-refractivity contribution in [1.29, 1.82) is 0 Å². The number of carbonyl (C=O) groups excluding carboxylic acids is 1. The molecule has 2 N–H and O–H groups in total. The predicted octanol–water partition coefficient (Wildman–Crippen LogP) is 2.47. The van der Waals surface area contributed by atoms with Crippen molar-refractivity contribution >= 4 is 22.5 Å². The molecule has 1 fully saturated rings. The fraction of sp³-hybridized carbons (Fsp3) is 0.588. The van der Waals surface area contributed by atoms with Gasteiger partial charge in [-0.3, -0.25) is 5.32 Å². The van der Waals surface area contributed by atoms with Gasteiger partial charge in [-0.2, -0.15) is 0 Å². The number of carbonyl (C=O) groups is 1. The lowest BCUT2D eigenvalue weighted by atomic mass is 10.0. The first-order valence-electron chi connectivity index (χ1n) is 9.01. The Hall–Kier alpha value is -1.97. The molecule has 26 heavy (non-hydrogen) atoms. The zero-order chi connectivity index (χ0) is 17.9. The fourth-order valence-electron chi connectivity index (χ4n) is 3.41. The zero-order valence-corrected chi connectivity index (χ0v) is 15.6. The molecular weight excluding hydrogens is 354 g/mol. The Kier molecular flexibility index (Phi) is 5.18. The third-order valence-corrected chi connectivity index (χ3v) is 5.68. The number of fused-ring (bicyclic) bond motifs is 1. The number of aromatic nitrogens is 3. The van der Waals surface area contributed by atoms with Gasteiger partial charge < -0.3 is 19.4 Å². The van der Waals surface area contributed by atoms with Gasteiger partial charge in [-0.25, -0.2) is 14.8 Å². The Morgan fingerprint density at radius 3 is 3.23 bits per heavy atom. The highest BCUT2D eigenvalue weighted by atomic mass is 32.1. The maximum Gasteiger partial charge on any atom is 0.321 e. The third kappa shape index (κ3) is 3.60. The van der Waals surface area contributed by atoms with Gasteiger partial charge in [0.1, 0.15) is 11.9 Å². The molecule has 2 amide bonds. The first-order chi connectivity index (χ1) is 12.7. The third-order valence-electron chi connectivity index (χ3n) is 4.70. The second-order valence-electron chi connectivity index (χ2n) is 6.40. The summed E-state index contributed by atoms with van der Waals surface area (Å²) in [6, 6.07) is -0.374. The summed E-state index contributed by atoms with van der Waals surface area (Å²) >= 11 is 1.47. The number of hydrogen-bond acceptors (Lipinski definition) is 6. The van der Waals surface area contributed by atoms with E-state index in [0.29, 0.717) is 25.0 Å². The number of hydrogen-bond donors (Lipinski definition) is 2. The highest BCUT2D eigenvalue weighted by Crippen LogP contribution is 2.29. The second-order valence-corrected chi connectivity index (χ2v) is 7.49. The number of ether oxygens (including phenoxy) is 2. The van der Waals surface area contributed by atoms with Gasteiger partial charge in [0.2, 0.25) is 0 Å². The molecular formula is C17H23N5O3S. The van der Waals surface area contributed by atoms with Gasteiger partial charge in [0, 0.05) is 32.0 Å². The lowest BCUT2D eigenvalue weighted by Crippen LogP contribution is -2.45. The number of nitrogens with zero attached hydrogens (tertiary/aromatic N) is 3. The van der Waals surface area contributed by atoms with Crippen molar-refractivity contribution in [3.63, 3.8) is 0 Å². The number of rotatable bonds is 4. The molecule has 8 nitrogen and oxygen atoms in total. The van der Waals surface area contributed by atoms with E-state index in [0.717, 1.165) is 42.2 Å². The van der Waals surface area contributed by atoms with E-state index in [1.165, 1.54) is 11.3 Å². The number of urea groups is 1. The molecule has 0 bridgehead atoms. The standard InChI is InChI=1S/C17H23N5O3S/c1-2-22-7-6-18-15(22)14-12(4-3-8-25-14)19-16(23)21-17-20-11-5-9-24-10-13(11)26-17/h6-7,12,14H,2-5,8-10H2,1H3,(H2,19,20,21,23)/t12-,14-/m0/s1. The molecule has 2 aliphatic heterocycles. The molecule has 9 heteroatoms. The van der Waals surface area contributed by atoms with Crippen LogP contribution < -0.4 is 10.6 Å². The smallest absolute Gasteiger partial charge is 0.321 e. The van der Waals surface area contributed by atoms with Gasteiger partial charge in [0.05, 0.1) is 29.8 Å². The monoisotopic (exact) mass is 377 g/mol. The summed E-state index contributed by atoms with van der Waals surface area (Å²) in [4.78, 5) is 22.5. The first kappa shape index (κ1) is 17.4. The van der Waals surface area contributed by atoms with Gasteiger partial charge in [0.25, 0.3) is 0 Å². The van der Waals surface area contributed by atoms with Crippen molar-refractivity contribution in [2.24, 2.45) is 0 Å². The van der Waals surface area contributed by atoms with Crippen LogP contribution in [0.4, 0.5) is 9.93 Å². The van der Waals surface area contributed by atoms with Crippen LogP contribution in [0.3, 0.4) is 0 Å². The summed E-state index contributed by atoms with van der Waals surface area (Å²) < 4.78 is 13.4. The topological polar surface area (TPSA) is 90.3 Å². The van der Waals surface area contributed by atoms with Crippen LogP contribution in [0.25, 0.3) is 0 Å². The molecule has 2 aliphatic rings. The van der Waals surface area contributed by atoms with Crippen molar-refractivity contribution < 1.29 is 14.3 Å². The van der Waals surface area contributed by atoms with Gasteiger partial charge in [-0.05, 0) is 19.8 Å². The van der Waals surface area contributed by atoms with Crippen molar-refractivity contribution in [2.75, 3.05) is 18.5 Å². The van der Waals surface area contributed by atoms with Crippen molar-refractivity contribution in [2.45, 2.75) is 51.5 Å². The molecule has 2 aromatic heterocycles. The largest absolute Gasteiger partial charge is 0.375 e. The maximum atomic E-state index is 12.5. The zero-order valence-electron chi connectivity index (χ0n) is 14.7. The van der Waals surface area contributed by atoms with E-state index in [9.17, 15) is 4.79 Å². The van der Waals surface area contributed by atoms with Crippen LogP contribution >= 0.6 is 11.3 Å². The van der Waals surface area contributed by atoms with Crippen LogP contribution in [-0.4, -0.2) is 39.8 Å². The molecule has 1 saturated heterocycles. The Morgan fingerprint density at radius 1 is 1.46 bits per heavy atom. The highest BCUT2D eigenvalue weighted by molar-refractivity contribution is 7.15. The van der Waals surface area contributed by atoms with E-state index >= 15 is 0 Å². The van der Waals surface area contributed by atoms with E-state index in [2.05, 4.69) is 32.1 Å². The number of aryl methyl sites for hydroxylation is 1. The van der Waals surface area contributed by atoms with E-state index < -0.39 is 0 Å². The van der Waals surface area contributed by atoms with E-state index in [4.69, 9.17) is 9.47 Å². The molecule has 0 aromatic carbocycles. The molecule has 0 unspecified atom stereocenters. The van der Waals surface area contributed by atoms with Crippen LogP contribution in [-0.2, 0) is 29.0 Å². The first-order valence-corrected chi connectivity index (χ1v) is 9.82. The summed E-state index contributed by atoms with van der Waals surface area (Å²) in [5.74, 6) is 0.861. The van der Waals surface area contributed by atoms with E-state index in [-0.39, 0.29) is 18.2 Å². The van der Waals surface area contributed by atoms with Crippen LogP contribution in [0, 0.1) is 0 Å². The summed E-state index contributed by atoms with van der Waals surface area (Å²) in [7, 11) is 0. The molecule has 0 spiro atoms. The Morgan fingerprint density at radius 2 is 2.38 bits per heavy atom. The normalized spacial score (nSPS) is 22.7. The Labute approximate surface area is 155 Å². The van der Waals surface area contributed by atoms with Crippen molar-refractivity contribution in [3.05, 3.63) is 28.8 Å². The van der Waals surface area contributed by atoms with Crippen molar-refractivity contribution in [3.8, 4) is 0 Å². The second kappa shape index (κ2) is 7.73. The van der Waals surface area contributed by atoms with Gasteiger partial charge in [-0.1, -0.05) is 11.3 Å². The Bertz CT molecular complexity index is 751. The van der Waals surface area contributed by atoms with Gasteiger partial charge >= 0.3 is 6.03 Å². The number of nitrogens with one attached hydrogen (secondary N) is 2. The molecule has 0 radical (unpaired) electrons. The van der Waals surface area contributed by atoms with E-state index in [1.807, 2.05) is 6.20 Å². The molecule has 0 aliphatic carbocycles. The quantitative estimate of drug-likeness (QED) is 0.854. The average molecular weight is 377 g/mol. The summed E-state index contributed by atoms with van der Waals surface area (Å²) in [5, 5.41) is 6.52. The minimum absolute atomic E-state index is 0.116. The summed E-state index contributed by atoms with van der Waals surface area (Å²) in [6.07, 6.45) is 6.05. The molecule has 0 saturated carbocycles. The number of anilines is 1. The minimum atomic E-state index is -0.257. The SMILES string of the molecule is CCn1ccnc1[C@H]1OCCC[C@@H]1NC(=O)Nc1nc2c(s1)COCC2. The minimum Gasteiger partial charge on any atom is -0.375 e. The number of amides is 2. The van der Waals surface area contributed by atoms with Crippen LogP contribution in [0.2, 0.25) is 0 Å². The summed E-state index contributed by atoms with van der Waals surface area (Å²) in [5.41, 5.74) is 1.03. The highest BCUT2D eigenvalue weighted by Gasteiger charge is 2.32. The van der Waals surface area contributed by atoms with Crippen LogP contribution in [0.1, 0.15) is 42.3 Å². The van der Waals surface area contributed by atoms with Crippen LogP contribution in [0.15, 0.2) is 12.4 Å². The van der Waals surface area contributed by atoms with Crippen molar-refractivity contribution in [1.82, 2.24) is 19.9 Å². The van der Waals surface area contributed by atoms with Crippen LogP contribution in [0.5, 0.6) is 0 Å².